The summed E-state index contributed by atoms with van der Waals surface area (Å²) >= 11 is 0. The molecule has 0 atom stereocenters. The van der Waals surface area contributed by atoms with Crippen LogP contribution in [0, 0.1) is 5.92 Å². The number of carbonyl (C=O) groups is 1. The molecule has 0 aromatic heterocycles. The van der Waals surface area contributed by atoms with Gasteiger partial charge in [0.2, 0.25) is 0 Å². The molecule has 0 radical (unpaired) electrons. The van der Waals surface area contributed by atoms with Crippen molar-refractivity contribution in [3.63, 3.8) is 0 Å². The first-order chi connectivity index (χ1) is 7.69. The highest BCUT2D eigenvalue weighted by Gasteiger charge is 2.47. The Morgan fingerprint density at radius 3 is 2.18 bits per heavy atom. The van der Waals surface area contributed by atoms with E-state index in [1.165, 1.54) is 0 Å². The van der Waals surface area contributed by atoms with Gasteiger partial charge < -0.3 is 10.2 Å². The summed E-state index contributed by atoms with van der Waals surface area (Å²) in [6.45, 7) is 1.91. The van der Waals surface area contributed by atoms with Crippen molar-refractivity contribution in [3.05, 3.63) is 0 Å². The molecule has 1 aliphatic heterocycles. The number of piperidine rings is 1. The summed E-state index contributed by atoms with van der Waals surface area (Å²) < 4.78 is 0. The maximum atomic E-state index is 11.5. The summed E-state index contributed by atoms with van der Waals surface area (Å²) in [6, 6.07) is 0. The van der Waals surface area contributed by atoms with Gasteiger partial charge in [-0.1, -0.05) is 12.8 Å². The molecule has 2 fully saturated rings. The van der Waals surface area contributed by atoms with Gasteiger partial charge in [-0.2, -0.15) is 0 Å². The third kappa shape index (κ3) is 2.75. The van der Waals surface area contributed by atoms with Gasteiger partial charge in [-0.3, -0.25) is 9.69 Å². The van der Waals surface area contributed by atoms with E-state index in [-0.39, 0.29) is 19.0 Å². The minimum absolute atomic E-state index is 0. The van der Waals surface area contributed by atoms with Crippen LogP contribution in [0.25, 0.3) is 0 Å². The van der Waals surface area contributed by atoms with Gasteiger partial charge in [0, 0.05) is 6.61 Å². The van der Waals surface area contributed by atoms with Crippen molar-refractivity contribution in [3.8, 4) is 0 Å². The van der Waals surface area contributed by atoms with Crippen LogP contribution in [0.4, 0.5) is 0 Å². The highest BCUT2D eigenvalue weighted by molar-refractivity contribution is 5.85. The molecule has 4 nitrogen and oxygen atoms in total. The Bertz CT molecular complexity index is 258. The SMILES string of the molecule is Cl.O=C(O)C1(N2CCC(CO)CC2)CCCC1. The predicted octanol–water partition coefficient (Wildman–Crippen LogP) is 1.51. The molecule has 1 saturated carbocycles. The zero-order valence-corrected chi connectivity index (χ0v) is 10.9. The van der Waals surface area contributed by atoms with E-state index in [0.29, 0.717) is 5.92 Å². The fraction of sp³-hybridized carbons (Fsp3) is 0.917. The van der Waals surface area contributed by atoms with E-state index in [9.17, 15) is 9.90 Å². The van der Waals surface area contributed by atoms with Crippen LogP contribution in [0.1, 0.15) is 38.5 Å². The van der Waals surface area contributed by atoms with E-state index < -0.39 is 11.5 Å². The van der Waals surface area contributed by atoms with Crippen molar-refractivity contribution in [2.75, 3.05) is 19.7 Å². The second-order valence-corrected chi connectivity index (χ2v) is 5.16. The van der Waals surface area contributed by atoms with Gasteiger partial charge in [0.05, 0.1) is 0 Å². The number of carboxylic acids is 1. The molecule has 2 rings (SSSR count). The third-order valence-electron chi connectivity index (χ3n) is 4.31. The number of halogens is 1. The van der Waals surface area contributed by atoms with Gasteiger partial charge >= 0.3 is 5.97 Å². The first-order valence-electron chi connectivity index (χ1n) is 6.28. The zero-order chi connectivity index (χ0) is 11.6. The lowest BCUT2D eigenvalue weighted by molar-refractivity contribution is -0.152. The van der Waals surface area contributed by atoms with E-state index in [0.717, 1.165) is 51.6 Å². The van der Waals surface area contributed by atoms with Gasteiger partial charge in [-0.15, -0.1) is 12.4 Å². The van der Waals surface area contributed by atoms with Crippen molar-refractivity contribution in [2.45, 2.75) is 44.1 Å². The van der Waals surface area contributed by atoms with Crippen molar-refractivity contribution in [1.29, 1.82) is 0 Å². The predicted molar refractivity (Wildman–Crippen MR) is 67.5 cm³/mol. The minimum atomic E-state index is -0.646. The molecule has 1 aliphatic carbocycles. The molecular weight excluding hydrogens is 242 g/mol. The number of aliphatic hydroxyl groups is 1. The molecule has 17 heavy (non-hydrogen) atoms. The number of hydrogen-bond donors (Lipinski definition) is 2. The fourth-order valence-electron chi connectivity index (χ4n) is 3.17. The van der Waals surface area contributed by atoms with E-state index in [1.807, 2.05) is 0 Å². The summed E-state index contributed by atoms with van der Waals surface area (Å²) in [7, 11) is 0. The number of carboxylic acid groups (broad SMARTS) is 1. The number of rotatable bonds is 3. The number of aliphatic hydroxyl groups excluding tert-OH is 1. The third-order valence-corrected chi connectivity index (χ3v) is 4.31. The monoisotopic (exact) mass is 263 g/mol. The molecule has 0 aromatic carbocycles. The molecule has 0 unspecified atom stereocenters. The number of aliphatic carboxylic acids is 1. The van der Waals surface area contributed by atoms with Gasteiger partial charge in [-0.25, -0.2) is 0 Å². The van der Waals surface area contributed by atoms with E-state index in [4.69, 9.17) is 5.11 Å². The van der Waals surface area contributed by atoms with E-state index in [1.54, 1.807) is 0 Å². The van der Waals surface area contributed by atoms with Crippen LogP contribution < -0.4 is 0 Å². The standard InChI is InChI=1S/C12H21NO3.ClH/c14-9-10-3-7-13(8-4-10)12(11(15)16)5-1-2-6-12;/h10,14H,1-9H2,(H,15,16);1H. The van der Waals surface area contributed by atoms with Crippen LogP contribution in [-0.2, 0) is 4.79 Å². The van der Waals surface area contributed by atoms with Crippen molar-refractivity contribution in [2.24, 2.45) is 5.92 Å². The topological polar surface area (TPSA) is 60.8 Å². The van der Waals surface area contributed by atoms with Crippen molar-refractivity contribution in [1.82, 2.24) is 4.90 Å². The largest absolute Gasteiger partial charge is 0.480 e. The average molecular weight is 264 g/mol. The Morgan fingerprint density at radius 1 is 1.24 bits per heavy atom. The number of likely N-dealkylation sites (tertiary alicyclic amines) is 1. The smallest absolute Gasteiger partial charge is 0.324 e. The Hall–Kier alpha value is -0.320. The summed E-state index contributed by atoms with van der Waals surface area (Å²) in [6.07, 6.45) is 5.54. The Labute approximate surface area is 108 Å². The summed E-state index contributed by atoms with van der Waals surface area (Å²) in [5.41, 5.74) is -0.583. The lowest BCUT2D eigenvalue weighted by Crippen LogP contribution is -2.55. The Morgan fingerprint density at radius 2 is 1.76 bits per heavy atom. The molecule has 0 spiro atoms. The molecule has 5 heteroatoms. The highest BCUT2D eigenvalue weighted by Crippen LogP contribution is 2.37. The summed E-state index contributed by atoms with van der Waals surface area (Å²) in [5, 5.41) is 18.5. The van der Waals surface area contributed by atoms with E-state index in [2.05, 4.69) is 4.90 Å². The van der Waals surface area contributed by atoms with Crippen LogP contribution in [0.15, 0.2) is 0 Å². The van der Waals surface area contributed by atoms with Crippen LogP contribution in [0.3, 0.4) is 0 Å². The normalized spacial score (nSPS) is 25.5. The van der Waals surface area contributed by atoms with Gasteiger partial charge in [-0.05, 0) is 44.7 Å². The van der Waals surface area contributed by atoms with Crippen LogP contribution >= 0.6 is 12.4 Å². The lowest BCUT2D eigenvalue weighted by atomic mass is 9.89. The highest BCUT2D eigenvalue weighted by atomic mass is 35.5. The first kappa shape index (κ1) is 14.7. The molecule has 1 saturated heterocycles. The molecule has 100 valence electrons. The summed E-state index contributed by atoms with van der Waals surface area (Å²) in [5.74, 6) is -0.268. The Balaban J connectivity index is 0.00000144. The molecule has 0 amide bonds. The first-order valence-corrected chi connectivity index (χ1v) is 6.28. The second kappa shape index (κ2) is 6.03. The summed E-state index contributed by atoms with van der Waals surface area (Å²) in [4.78, 5) is 13.6. The molecule has 2 aliphatic rings. The maximum absolute atomic E-state index is 11.5. The van der Waals surface area contributed by atoms with E-state index >= 15 is 0 Å². The Kier molecular flexibility index (Phi) is 5.22. The molecule has 1 heterocycles. The van der Waals surface area contributed by atoms with Gasteiger partial charge in [0.15, 0.2) is 0 Å². The maximum Gasteiger partial charge on any atom is 0.324 e. The lowest BCUT2D eigenvalue weighted by Gasteiger charge is -2.42. The molecule has 0 bridgehead atoms. The average Bonchev–Trinajstić information content (AvgIpc) is 2.79. The quantitative estimate of drug-likeness (QED) is 0.810. The van der Waals surface area contributed by atoms with Gasteiger partial charge in [0.1, 0.15) is 5.54 Å². The van der Waals surface area contributed by atoms with Crippen molar-refractivity contribution < 1.29 is 15.0 Å². The van der Waals surface area contributed by atoms with Gasteiger partial charge in [0.25, 0.3) is 0 Å². The minimum Gasteiger partial charge on any atom is -0.480 e. The molecule has 2 N–H and O–H groups in total. The molecular formula is C12H22ClNO3. The van der Waals surface area contributed by atoms with Crippen LogP contribution in [-0.4, -0.2) is 46.3 Å². The zero-order valence-electron chi connectivity index (χ0n) is 10.1. The van der Waals surface area contributed by atoms with Crippen LogP contribution in [0.2, 0.25) is 0 Å². The fourth-order valence-corrected chi connectivity index (χ4v) is 3.17. The number of hydrogen-bond acceptors (Lipinski definition) is 3. The second-order valence-electron chi connectivity index (χ2n) is 5.16. The molecule has 0 aromatic rings. The van der Waals surface area contributed by atoms with Crippen LogP contribution in [0.5, 0.6) is 0 Å². The number of nitrogens with zero attached hydrogens (tertiary/aromatic N) is 1. The van der Waals surface area contributed by atoms with Crippen molar-refractivity contribution >= 4 is 18.4 Å².